The summed E-state index contributed by atoms with van der Waals surface area (Å²) >= 11 is 0. The van der Waals surface area contributed by atoms with Crippen molar-refractivity contribution in [1.29, 1.82) is 0 Å². The summed E-state index contributed by atoms with van der Waals surface area (Å²) in [5.74, 6) is 5.21. The molecule has 4 rings (SSSR count). The van der Waals surface area contributed by atoms with Gasteiger partial charge in [0.2, 0.25) is 0 Å². The van der Waals surface area contributed by atoms with E-state index in [0.717, 1.165) is 6.54 Å². The maximum absolute atomic E-state index is 13.8. The minimum Gasteiger partial charge on any atom is -0.461 e. The lowest BCUT2D eigenvalue weighted by molar-refractivity contribution is 0.0522. The number of halogens is 1. The third kappa shape index (κ3) is 4.55. The molecule has 1 unspecified atom stereocenters. The lowest BCUT2D eigenvalue weighted by Crippen LogP contribution is -2.29. The first-order valence-corrected chi connectivity index (χ1v) is 10.1. The van der Waals surface area contributed by atoms with Crippen LogP contribution in [0.15, 0.2) is 42.5 Å². The van der Waals surface area contributed by atoms with E-state index in [1.165, 1.54) is 18.2 Å². The molecule has 0 spiro atoms. The Morgan fingerprint density at radius 3 is 2.87 bits per heavy atom. The highest BCUT2D eigenvalue weighted by Crippen LogP contribution is 2.24. The molecule has 7 heteroatoms. The molecule has 1 N–H and O–H groups in total. The third-order valence-electron chi connectivity index (χ3n) is 5.13. The summed E-state index contributed by atoms with van der Waals surface area (Å²) in [6.45, 7) is 3.20. The molecule has 1 fully saturated rings. The first kappa shape index (κ1) is 20.9. The number of benzene rings is 2. The first-order chi connectivity index (χ1) is 14.9. The van der Waals surface area contributed by atoms with Gasteiger partial charge < -0.3 is 14.7 Å². The van der Waals surface area contributed by atoms with Crippen molar-refractivity contribution in [3.05, 3.63) is 59.5 Å². The number of hydrogen-bond donors (Lipinski definition) is 1. The van der Waals surface area contributed by atoms with Crippen LogP contribution in [0.25, 0.3) is 22.3 Å². The van der Waals surface area contributed by atoms with Gasteiger partial charge in [-0.3, -0.25) is 0 Å². The zero-order valence-electron chi connectivity index (χ0n) is 17.4. The Hall–Kier alpha value is -3.34. The van der Waals surface area contributed by atoms with Gasteiger partial charge in [0.1, 0.15) is 11.4 Å². The fraction of sp³-hybridized carbons (Fsp3) is 0.292. The molecule has 158 valence electrons. The summed E-state index contributed by atoms with van der Waals surface area (Å²) in [6, 6.07) is 11.2. The minimum atomic E-state index is -1.03. The molecule has 1 aliphatic heterocycles. The lowest BCUT2D eigenvalue weighted by atomic mass is 10.0. The number of likely N-dealkylation sites (N-methyl/N-ethyl adjacent to an activating group) is 1. The number of nitrogens with zero attached hydrogens (tertiary/aromatic N) is 3. The van der Waals surface area contributed by atoms with Crippen LogP contribution in [0, 0.1) is 17.7 Å². The van der Waals surface area contributed by atoms with E-state index in [0.29, 0.717) is 35.0 Å². The Morgan fingerprint density at radius 1 is 1.29 bits per heavy atom. The Bertz CT molecular complexity index is 1220. The van der Waals surface area contributed by atoms with Gasteiger partial charge in [-0.15, -0.1) is 0 Å². The van der Waals surface area contributed by atoms with E-state index in [1.54, 1.807) is 25.1 Å². The second kappa shape index (κ2) is 8.42. The van der Waals surface area contributed by atoms with Gasteiger partial charge in [0.05, 0.1) is 12.1 Å². The summed E-state index contributed by atoms with van der Waals surface area (Å²) in [5.41, 5.74) is 0.674. The molecule has 1 aromatic heterocycles. The minimum absolute atomic E-state index is 0.0849. The topological polar surface area (TPSA) is 75.6 Å². The van der Waals surface area contributed by atoms with Crippen molar-refractivity contribution in [3.8, 4) is 23.2 Å². The highest BCUT2D eigenvalue weighted by Gasteiger charge is 2.32. The van der Waals surface area contributed by atoms with Crippen LogP contribution in [0.3, 0.4) is 0 Å². The van der Waals surface area contributed by atoms with Gasteiger partial charge in [0.25, 0.3) is 0 Å². The van der Waals surface area contributed by atoms with Gasteiger partial charge in [-0.2, -0.15) is 0 Å². The van der Waals surface area contributed by atoms with Crippen molar-refractivity contribution in [2.75, 3.05) is 26.7 Å². The van der Waals surface area contributed by atoms with Gasteiger partial charge in [-0.05, 0) is 38.2 Å². The van der Waals surface area contributed by atoms with Gasteiger partial charge in [-0.1, -0.05) is 24.0 Å². The van der Waals surface area contributed by atoms with Crippen LogP contribution in [-0.2, 0) is 4.74 Å². The second-order valence-electron chi connectivity index (χ2n) is 7.63. The molecule has 1 atom stereocenters. The number of aromatic nitrogens is 2. The number of rotatable bonds is 3. The third-order valence-corrected chi connectivity index (χ3v) is 5.13. The first-order valence-electron chi connectivity index (χ1n) is 10.1. The number of likely N-dealkylation sites (tertiary alicyclic amines) is 1. The fourth-order valence-corrected chi connectivity index (χ4v) is 3.59. The number of ether oxygens (including phenoxy) is 1. The van der Waals surface area contributed by atoms with Crippen molar-refractivity contribution in [1.82, 2.24) is 14.9 Å². The SMILES string of the molecule is CCOC(=O)c1nc(-c2cccc(C#CC3(O)CCN(C)C3)c2)nc2cc(F)ccc12. The average molecular weight is 419 g/mol. The van der Waals surface area contributed by atoms with E-state index < -0.39 is 17.4 Å². The van der Waals surface area contributed by atoms with Crippen molar-refractivity contribution < 1.29 is 19.0 Å². The highest BCUT2D eigenvalue weighted by atomic mass is 19.1. The smallest absolute Gasteiger partial charge is 0.357 e. The van der Waals surface area contributed by atoms with Gasteiger partial charge >= 0.3 is 5.97 Å². The summed E-state index contributed by atoms with van der Waals surface area (Å²) in [5, 5.41) is 11.0. The Balaban J connectivity index is 1.75. The number of carbonyl (C=O) groups is 1. The summed E-state index contributed by atoms with van der Waals surface area (Å²) < 4.78 is 18.9. The van der Waals surface area contributed by atoms with Crippen LogP contribution in [0.4, 0.5) is 4.39 Å². The maximum Gasteiger partial charge on any atom is 0.357 e. The van der Waals surface area contributed by atoms with Crippen LogP contribution in [-0.4, -0.2) is 58.3 Å². The monoisotopic (exact) mass is 419 g/mol. The van der Waals surface area contributed by atoms with Crippen molar-refractivity contribution in [2.45, 2.75) is 18.9 Å². The van der Waals surface area contributed by atoms with E-state index in [-0.39, 0.29) is 18.1 Å². The van der Waals surface area contributed by atoms with E-state index >= 15 is 0 Å². The molecule has 0 amide bonds. The summed E-state index contributed by atoms with van der Waals surface area (Å²) in [4.78, 5) is 23.3. The van der Waals surface area contributed by atoms with E-state index in [4.69, 9.17) is 4.74 Å². The normalized spacial score (nSPS) is 18.6. The maximum atomic E-state index is 13.8. The van der Waals surface area contributed by atoms with Crippen LogP contribution in [0.2, 0.25) is 0 Å². The molecule has 3 aromatic rings. The molecule has 1 saturated heterocycles. The number of β-amino-alcohol motifs (C(OH)–C–C–N with tert-alkyl or cyclic N) is 1. The van der Waals surface area contributed by atoms with Gasteiger partial charge in [-0.25, -0.2) is 19.2 Å². The number of fused-ring (bicyclic) bond motifs is 1. The number of esters is 1. The molecule has 0 radical (unpaired) electrons. The Kier molecular flexibility index (Phi) is 5.68. The van der Waals surface area contributed by atoms with Crippen LogP contribution in [0.5, 0.6) is 0 Å². The predicted molar refractivity (Wildman–Crippen MR) is 115 cm³/mol. The molecule has 2 heterocycles. The van der Waals surface area contributed by atoms with Crippen molar-refractivity contribution in [2.24, 2.45) is 0 Å². The van der Waals surface area contributed by atoms with Crippen LogP contribution < -0.4 is 0 Å². The van der Waals surface area contributed by atoms with Gasteiger partial charge in [0, 0.05) is 42.1 Å². The van der Waals surface area contributed by atoms with Gasteiger partial charge in [0.15, 0.2) is 11.5 Å². The summed E-state index contributed by atoms with van der Waals surface area (Å²) in [7, 11) is 1.95. The highest BCUT2D eigenvalue weighted by molar-refractivity contribution is 6.02. The Labute approximate surface area is 179 Å². The number of hydrogen-bond acceptors (Lipinski definition) is 6. The largest absolute Gasteiger partial charge is 0.461 e. The zero-order valence-corrected chi connectivity index (χ0v) is 17.4. The van der Waals surface area contributed by atoms with Crippen molar-refractivity contribution in [3.63, 3.8) is 0 Å². The molecular weight excluding hydrogens is 397 g/mol. The van der Waals surface area contributed by atoms with E-state index in [2.05, 4.69) is 21.8 Å². The standard InChI is InChI=1S/C24H22FN3O3/c1-3-31-23(29)21-19-8-7-18(25)14-20(19)26-22(27-21)17-6-4-5-16(13-17)9-10-24(30)11-12-28(2)15-24/h4-8,13-14,30H,3,11-12,15H2,1-2H3. The molecule has 1 aliphatic rings. The zero-order chi connectivity index (χ0) is 22.0. The molecule has 0 aliphatic carbocycles. The average Bonchev–Trinajstić information content (AvgIpc) is 3.10. The molecule has 6 nitrogen and oxygen atoms in total. The second-order valence-corrected chi connectivity index (χ2v) is 7.63. The Morgan fingerprint density at radius 2 is 2.13 bits per heavy atom. The molecule has 0 bridgehead atoms. The number of carbonyl (C=O) groups excluding carboxylic acids is 1. The molecule has 2 aromatic carbocycles. The van der Waals surface area contributed by atoms with E-state index in [9.17, 15) is 14.3 Å². The predicted octanol–water partition coefficient (Wildman–Crippen LogP) is 3.03. The van der Waals surface area contributed by atoms with Crippen molar-refractivity contribution >= 4 is 16.9 Å². The fourth-order valence-electron chi connectivity index (χ4n) is 3.59. The molecule has 0 saturated carbocycles. The summed E-state index contributed by atoms with van der Waals surface area (Å²) in [6.07, 6.45) is 0.596. The lowest BCUT2D eigenvalue weighted by Gasteiger charge is -2.14. The molecular formula is C24H22FN3O3. The van der Waals surface area contributed by atoms with Crippen LogP contribution in [0.1, 0.15) is 29.4 Å². The quantitative estimate of drug-likeness (QED) is 0.520. The molecule has 31 heavy (non-hydrogen) atoms. The van der Waals surface area contributed by atoms with E-state index in [1.807, 2.05) is 18.0 Å². The van der Waals surface area contributed by atoms with Crippen LogP contribution >= 0.6 is 0 Å². The number of aliphatic hydroxyl groups is 1.